The zero-order valence-electron chi connectivity index (χ0n) is 9.95. The summed E-state index contributed by atoms with van der Waals surface area (Å²) in [5.41, 5.74) is 0.795. The molecule has 0 bridgehead atoms. The molecule has 2 rings (SSSR count). The van der Waals surface area contributed by atoms with Gasteiger partial charge >= 0.3 is 0 Å². The summed E-state index contributed by atoms with van der Waals surface area (Å²) in [5.74, 6) is 0. The second kappa shape index (κ2) is 5.09. The molecule has 0 saturated carbocycles. The maximum Gasteiger partial charge on any atom is 0.272 e. The number of anilines is 1. The number of nitrogens with zero attached hydrogens (tertiary/aromatic N) is 3. The Morgan fingerprint density at radius 2 is 2.17 bits per heavy atom. The van der Waals surface area contributed by atoms with E-state index in [1.807, 2.05) is 19.3 Å². The van der Waals surface area contributed by atoms with Crippen LogP contribution in [0.3, 0.4) is 0 Å². The Labute approximate surface area is 108 Å². The number of benzene rings is 1. The summed E-state index contributed by atoms with van der Waals surface area (Å²) in [5, 5.41) is 17.8. The van der Waals surface area contributed by atoms with E-state index in [1.54, 1.807) is 24.0 Å². The minimum Gasteiger partial charge on any atom is -0.388 e. The standard InChI is InChI=1S/C11H12N4O2S/c1-12-8-3-9(15(16)17)5-10(4-8)18-11-6-13-14(2)7-11/h3-7,12H,1-2H3. The van der Waals surface area contributed by atoms with E-state index in [4.69, 9.17) is 0 Å². The molecular weight excluding hydrogens is 252 g/mol. The lowest BCUT2D eigenvalue weighted by Gasteiger charge is -2.04. The Hall–Kier alpha value is -2.02. The van der Waals surface area contributed by atoms with Gasteiger partial charge in [0.15, 0.2) is 0 Å². The van der Waals surface area contributed by atoms with E-state index in [0.717, 1.165) is 15.5 Å². The molecule has 1 aromatic carbocycles. The van der Waals surface area contributed by atoms with Crippen LogP contribution in [0.25, 0.3) is 0 Å². The first-order valence-corrected chi connectivity index (χ1v) is 6.04. The van der Waals surface area contributed by atoms with Gasteiger partial charge < -0.3 is 5.32 Å². The fourth-order valence-corrected chi connectivity index (χ4v) is 2.42. The number of aryl methyl sites for hydroxylation is 1. The predicted octanol–water partition coefficient (Wildman–Crippen LogP) is 2.52. The number of hydrogen-bond acceptors (Lipinski definition) is 5. The van der Waals surface area contributed by atoms with Crippen molar-refractivity contribution in [2.24, 2.45) is 7.05 Å². The van der Waals surface area contributed by atoms with Crippen LogP contribution in [0.4, 0.5) is 11.4 Å². The van der Waals surface area contributed by atoms with Crippen LogP contribution in [0.1, 0.15) is 0 Å². The largest absolute Gasteiger partial charge is 0.388 e. The summed E-state index contributed by atoms with van der Waals surface area (Å²) >= 11 is 1.44. The van der Waals surface area contributed by atoms with Gasteiger partial charge in [0.2, 0.25) is 0 Å². The summed E-state index contributed by atoms with van der Waals surface area (Å²) in [4.78, 5) is 12.2. The fourth-order valence-electron chi connectivity index (χ4n) is 1.48. The molecule has 94 valence electrons. The van der Waals surface area contributed by atoms with Crippen molar-refractivity contribution >= 4 is 23.1 Å². The van der Waals surface area contributed by atoms with Gasteiger partial charge in [0.05, 0.1) is 16.0 Å². The van der Waals surface area contributed by atoms with Crippen molar-refractivity contribution in [3.05, 3.63) is 40.7 Å². The first-order valence-electron chi connectivity index (χ1n) is 5.22. The fraction of sp³-hybridized carbons (Fsp3) is 0.182. The van der Waals surface area contributed by atoms with Crippen molar-refractivity contribution in [1.29, 1.82) is 0 Å². The number of rotatable bonds is 4. The van der Waals surface area contributed by atoms with Gasteiger partial charge in [-0.15, -0.1) is 0 Å². The van der Waals surface area contributed by atoms with Crippen molar-refractivity contribution in [3.63, 3.8) is 0 Å². The summed E-state index contributed by atoms with van der Waals surface area (Å²) in [6.45, 7) is 0. The average molecular weight is 264 g/mol. The molecule has 0 aliphatic heterocycles. The molecule has 7 heteroatoms. The molecule has 1 N–H and O–H groups in total. The molecule has 0 aliphatic rings. The lowest BCUT2D eigenvalue weighted by molar-refractivity contribution is -0.385. The molecule has 1 aromatic heterocycles. The highest BCUT2D eigenvalue weighted by molar-refractivity contribution is 7.99. The van der Waals surface area contributed by atoms with Crippen LogP contribution in [0.2, 0.25) is 0 Å². The van der Waals surface area contributed by atoms with Crippen LogP contribution in [0, 0.1) is 10.1 Å². The molecule has 0 fully saturated rings. The third-order valence-electron chi connectivity index (χ3n) is 2.31. The van der Waals surface area contributed by atoms with Crippen LogP contribution in [-0.2, 0) is 7.05 Å². The highest BCUT2D eigenvalue weighted by Gasteiger charge is 2.10. The maximum atomic E-state index is 10.8. The molecule has 0 saturated heterocycles. The van der Waals surface area contributed by atoms with Crippen LogP contribution in [-0.4, -0.2) is 21.8 Å². The molecule has 6 nitrogen and oxygen atoms in total. The van der Waals surface area contributed by atoms with E-state index in [9.17, 15) is 10.1 Å². The summed E-state index contributed by atoms with van der Waals surface area (Å²) < 4.78 is 1.69. The quantitative estimate of drug-likeness (QED) is 0.678. The zero-order valence-corrected chi connectivity index (χ0v) is 10.8. The molecule has 1 heterocycles. The number of nitrogens with one attached hydrogen (secondary N) is 1. The Morgan fingerprint density at radius 1 is 1.39 bits per heavy atom. The average Bonchev–Trinajstić information content (AvgIpc) is 2.74. The molecule has 2 aromatic rings. The lowest BCUT2D eigenvalue weighted by Crippen LogP contribution is -1.93. The van der Waals surface area contributed by atoms with Gasteiger partial charge in [-0.25, -0.2) is 0 Å². The Balaban J connectivity index is 2.32. The smallest absolute Gasteiger partial charge is 0.272 e. The van der Waals surface area contributed by atoms with Gasteiger partial charge in [0.1, 0.15) is 0 Å². The molecule has 0 unspecified atom stereocenters. The Morgan fingerprint density at radius 3 is 2.72 bits per heavy atom. The van der Waals surface area contributed by atoms with Crippen LogP contribution < -0.4 is 5.32 Å². The first-order chi connectivity index (χ1) is 8.58. The van der Waals surface area contributed by atoms with Gasteiger partial charge in [0, 0.05) is 43.0 Å². The summed E-state index contributed by atoms with van der Waals surface area (Å²) in [6, 6.07) is 4.93. The Kier molecular flexibility index (Phi) is 3.52. The summed E-state index contributed by atoms with van der Waals surface area (Å²) in [7, 11) is 3.56. The molecular formula is C11H12N4O2S. The number of aromatic nitrogens is 2. The molecule has 0 amide bonds. The number of nitro benzene ring substituents is 1. The third kappa shape index (κ3) is 2.80. The number of hydrogen-bond donors (Lipinski definition) is 1. The van der Waals surface area contributed by atoms with Crippen molar-refractivity contribution in [1.82, 2.24) is 9.78 Å². The molecule has 0 aliphatic carbocycles. The predicted molar refractivity (Wildman–Crippen MR) is 70.0 cm³/mol. The van der Waals surface area contributed by atoms with Gasteiger partial charge in [0.25, 0.3) is 5.69 Å². The number of non-ortho nitro benzene ring substituents is 1. The van der Waals surface area contributed by atoms with Crippen LogP contribution >= 0.6 is 11.8 Å². The van der Waals surface area contributed by atoms with Crippen LogP contribution in [0.5, 0.6) is 0 Å². The van der Waals surface area contributed by atoms with E-state index < -0.39 is 4.92 Å². The summed E-state index contributed by atoms with van der Waals surface area (Å²) in [6.07, 6.45) is 3.59. The first kappa shape index (κ1) is 12.4. The van der Waals surface area contributed by atoms with E-state index in [2.05, 4.69) is 10.4 Å². The van der Waals surface area contributed by atoms with Gasteiger partial charge in [-0.3, -0.25) is 14.8 Å². The lowest BCUT2D eigenvalue weighted by atomic mass is 10.3. The van der Waals surface area contributed by atoms with E-state index in [1.165, 1.54) is 17.8 Å². The van der Waals surface area contributed by atoms with Crippen molar-refractivity contribution < 1.29 is 4.92 Å². The van der Waals surface area contributed by atoms with Crippen LogP contribution in [0.15, 0.2) is 40.4 Å². The monoisotopic (exact) mass is 264 g/mol. The van der Waals surface area contributed by atoms with Gasteiger partial charge in [-0.05, 0) is 6.07 Å². The minimum atomic E-state index is -0.395. The van der Waals surface area contributed by atoms with E-state index in [-0.39, 0.29) is 5.69 Å². The highest BCUT2D eigenvalue weighted by Crippen LogP contribution is 2.32. The van der Waals surface area contributed by atoms with Gasteiger partial charge in [-0.1, -0.05) is 11.8 Å². The number of nitro groups is 1. The maximum absolute atomic E-state index is 10.8. The van der Waals surface area contributed by atoms with E-state index >= 15 is 0 Å². The second-order valence-corrected chi connectivity index (χ2v) is 4.82. The molecule has 0 spiro atoms. The topological polar surface area (TPSA) is 73.0 Å². The van der Waals surface area contributed by atoms with Crippen molar-refractivity contribution in [2.75, 3.05) is 12.4 Å². The SMILES string of the molecule is CNc1cc(Sc2cnn(C)c2)cc([N+](=O)[O-])c1. The third-order valence-corrected chi connectivity index (χ3v) is 3.23. The van der Waals surface area contributed by atoms with Crippen molar-refractivity contribution in [2.45, 2.75) is 9.79 Å². The molecule has 18 heavy (non-hydrogen) atoms. The zero-order chi connectivity index (χ0) is 13.1. The van der Waals surface area contributed by atoms with Crippen molar-refractivity contribution in [3.8, 4) is 0 Å². The highest BCUT2D eigenvalue weighted by atomic mass is 32.2. The second-order valence-electron chi connectivity index (χ2n) is 3.67. The molecule has 0 radical (unpaired) electrons. The Bertz CT molecular complexity index is 582. The normalized spacial score (nSPS) is 10.3. The van der Waals surface area contributed by atoms with E-state index in [0.29, 0.717) is 0 Å². The van der Waals surface area contributed by atoms with Gasteiger partial charge in [-0.2, -0.15) is 5.10 Å². The molecule has 0 atom stereocenters. The minimum absolute atomic E-state index is 0.0771.